The molecule has 0 aliphatic rings. The average Bonchev–Trinajstić information content (AvgIpc) is 3.00. The average molecular weight is 446 g/mol. The fourth-order valence-electron chi connectivity index (χ4n) is 2.55. The summed E-state index contributed by atoms with van der Waals surface area (Å²) in [6.07, 6.45) is -4.70. The number of benzene rings is 2. The van der Waals surface area contributed by atoms with Gasteiger partial charge >= 0.3 is 6.18 Å². The highest BCUT2D eigenvalue weighted by Gasteiger charge is 2.38. The van der Waals surface area contributed by atoms with Gasteiger partial charge in [0, 0.05) is 15.6 Å². The van der Waals surface area contributed by atoms with Crippen LogP contribution in [0.15, 0.2) is 57.9 Å². The van der Waals surface area contributed by atoms with E-state index in [9.17, 15) is 21.6 Å². The minimum Gasteiger partial charge on any atom is -0.272 e. The minimum absolute atomic E-state index is 0.0142. The van der Waals surface area contributed by atoms with Crippen LogP contribution in [0.4, 0.5) is 13.2 Å². The van der Waals surface area contributed by atoms with Crippen molar-refractivity contribution in [1.29, 1.82) is 0 Å². The lowest BCUT2D eigenvalue weighted by molar-refractivity contribution is -0.140. The van der Waals surface area contributed by atoms with Gasteiger partial charge in [0.25, 0.3) is 0 Å². The van der Waals surface area contributed by atoms with E-state index < -0.39 is 21.9 Å². The van der Waals surface area contributed by atoms with Crippen LogP contribution >= 0.6 is 15.9 Å². The van der Waals surface area contributed by atoms with Crippen molar-refractivity contribution < 1.29 is 21.6 Å². The highest BCUT2D eigenvalue weighted by molar-refractivity contribution is 9.10. The van der Waals surface area contributed by atoms with Gasteiger partial charge in [-0.05, 0) is 23.8 Å². The first-order valence-electron chi connectivity index (χ1n) is 7.13. The molecule has 1 aromatic heterocycles. The van der Waals surface area contributed by atoms with Crippen LogP contribution in [-0.4, -0.2) is 18.6 Å². The van der Waals surface area contributed by atoms with Gasteiger partial charge in [-0.2, -0.15) is 18.3 Å². The van der Waals surface area contributed by atoms with Crippen molar-refractivity contribution in [2.75, 3.05) is 0 Å². The van der Waals surface area contributed by atoms with E-state index in [1.807, 2.05) is 5.10 Å². The summed E-state index contributed by atoms with van der Waals surface area (Å²) in [6, 6.07) is 11.6. The van der Waals surface area contributed by atoms with Crippen LogP contribution in [0.5, 0.6) is 0 Å². The SMILES string of the molecule is NS(=O)(=O)c1ccccc1-c1n[nH]c(C(F)(F)F)c1-c1ccc(Br)cc1. The van der Waals surface area contributed by atoms with Crippen LogP contribution in [0.2, 0.25) is 0 Å². The van der Waals surface area contributed by atoms with Gasteiger partial charge in [0.2, 0.25) is 10.0 Å². The summed E-state index contributed by atoms with van der Waals surface area (Å²) >= 11 is 3.23. The number of primary sulfonamides is 1. The first kappa shape index (κ1) is 18.6. The molecule has 0 aliphatic heterocycles. The van der Waals surface area contributed by atoms with Crippen molar-refractivity contribution in [3.63, 3.8) is 0 Å². The van der Waals surface area contributed by atoms with Gasteiger partial charge in [0.15, 0.2) is 0 Å². The molecule has 0 fully saturated rings. The monoisotopic (exact) mass is 445 g/mol. The number of aromatic amines is 1. The normalized spacial score (nSPS) is 12.3. The quantitative estimate of drug-likeness (QED) is 0.633. The Labute approximate surface area is 155 Å². The van der Waals surface area contributed by atoms with Crippen LogP contribution < -0.4 is 5.14 Å². The van der Waals surface area contributed by atoms with Crippen molar-refractivity contribution in [1.82, 2.24) is 10.2 Å². The van der Waals surface area contributed by atoms with E-state index in [1.54, 1.807) is 12.1 Å². The number of hydrogen-bond donors (Lipinski definition) is 2. The van der Waals surface area contributed by atoms with Crippen molar-refractivity contribution in [3.05, 3.63) is 58.7 Å². The summed E-state index contributed by atoms with van der Waals surface area (Å²) in [7, 11) is -4.16. The number of H-pyrrole nitrogens is 1. The number of alkyl halides is 3. The molecule has 3 rings (SSSR count). The van der Waals surface area contributed by atoms with E-state index in [4.69, 9.17) is 5.14 Å². The molecule has 0 saturated carbocycles. The summed E-state index contributed by atoms with van der Waals surface area (Å²) in [5.74, 6) is 0. The van der Waals surface area contributed by atoms with Crippen molar-refractivity contribution in [2.24, 2.45) is 5.14 Å². The zero-order valence-electron chi connectivity index (χ0n) is 12.9. The molecule has 1 heterocycles. The van der Waals surface area contributed by atoms with E-state index in [0.29, 0.717) is 4.47 Å². The Kier molecular flexibility index (Phi) is 4.67. The standard InChI is InChI=1S/C16H11BrF3N3O2S/c17-10-7-5-9(6-8-10)13-14(22-23-15(13)16(18,19)20)11-3-1-2-4-12(11)26(21,24)25/h1-8H,(H,22,23)(H2,21,24,25). The van der Waals surface area contributed by atoms with Crippen molar-refractivity contribution in [3.8, 4) is 22.4 Å². The predicted octanol–water partition coefficient (Wildman–Crippen LogP) is 4.17. The topological polar surface area (TPSA) is 88.8 Å². The van der Waals surface area contributed by atoms with E-state index in [0.717, 1.165) is 0 Å². The Balaban J connectivity index is 2.35. The maximum atomic E-state index is 13.5. The fraction of sp³-hybridized carbons (Fsp3) is 0.0625. The molecule has 0 bridgehead atoms. The molecule has 3 N–H and O–H groups in total. The van der Waals surface area contributed by atoms with Crippen LogP contribution in [0.3, 0.4) is 0 Å². The Morgan fingerprint density at radius 2 is 1.65 bits per heavy atom. The van der Waals surface area contributed by atoms with Crippen LogP contribution in [0.25, 0.3) is 22.4 Å². The summed E-state index contributed by atoms with van der Waals surface area (Å²) in [5.41, 5.74) is -1.25. The molecular weight excluding hydrogens is 435 g/mol. The van der Waals surface area contributed by atoms with E-state index in [1.165, 1.54) is 36.4 Å². The molecule has 3 aromatic rings. The number of nitrogens with two attached hydrogens (primary N) is 1. The van der Waals surface area contributed by atoms with Gasteiger partial charge in [-0.25, -0.2) is 13.6 Å². The van der Waals surface area contributed by atoms with Gasteiger partial charge in [0.05, 0.1) is 4.90 Å². The Hall–Kier alpha value is -2.17. The van der Waals surface area contributed by atoms with Gasteiger partial charge in [0.1, 0.15) is 11.4 Å². The molecular formula is C16H11BrF3N3O2S. The molecule has 0 atom stereocenters. The molecule has 0 unspecified atom stereocenters. The van der Waals surface area contributed by atoms with E-state index in [2.05, 4.69) is 21.0 Å². The maximum Gasteiger partial charge on any atom is 0.433 e. The summed E-state index contributed by atoms with van der Waals surface area (Å²) in [6.45, 7) is 0. The zero-order valence-corrected chi connectivity index (χ0v) is 15.3. The molecule has 0 saturated heterocycles. The number of sulfonamides is 1. The second-order valence-corrected chi connectivity index (χ2v) is 7.81. The smallest absolute Gasteiger partial charge is 0.272 e. The molecule has 0 spiro atoms. The molecule has 2 aromatic carbocycles. The number of aromatic nitrogens is 2. The number of halogens is 4. The van der Waals surface area contributed by atoms with E-state index >= 15 is 0 Å². The number of hydrogen-bond acceptors (Lipinski definition) is 3. The van der Waals surface area contributed by atoms with Gasteiger partial charge in [-0.1, -0.05) is 46.3 Å². The van der Waals surface area contributed by atoms with E-state index in [-0.39, 0.29) is 27.3 Å². The van der Waals surface area contributed by atoms with Gasteiger partial charge in [-0.15, -0.1) is 0 Å². The van der Waals surface area contributed by atoms with Crippen molar-refractivity contribution >= 4 is 26.0 Å². The lowest BCUT2D eigenvalue weighted by Crippen LogP contribution is -2.13. The fourth-order valence-corrected chi connectivity index (χ4v) is 3.55. The number of nitrogens with zero attached hydrogens (tertiary/aromatic N) is 1. The third-order valence-electron chi connectivity index (χ3n) is 3.63. The zero-order chi connectivity index (χ0) is 19.1. The maximum absolute atomic E-state index is 13.5. The number of nitrogens with one attached hydrogen (secondary N) is 1. The molecule has 5 nitrogen and oxygen atoms in total. The Morgan fingerprint density at radius 3 is 2.23 bits per heavy atom. The first-order chi connectivity index (χ1) is 12.1. The molecule has 136 valence electrons. The van der Waals surface area contributed by atoms with Crippen LogP contribution in [0.1, 0.15) is 5.69 Å². The van der Waals surface area contributed by atoms with Gasteiger partial charge < -0.3 is 0 Å². The molecule has 0 radical (unpaired) electrons. The highest BCUT2D eigenvalue weighted by Crippen LogP contribution is 2.42. The number of rotatable bonds is 3. The second kappa shape index (κ2) is 6.53. The van der Waals surface area contributed by atoms with Gasteiger partial charge in [-0.3, -0.25) is 5.10 Å². The second-order valence-electron chi connectivity index (χ2n) is 5.37. The molecule has 26 heavy (non-hydrogen) atoms. The summed E-state index contributed by atoms with van der Waals surface area (Å²) in [5, 5.41) is 10.9. The summed E-state index contributed by atoms with van der Waals surface area (Å²) in [4.78, 5) is -0.307. The predicted molar refractivity (Wildman–Crippen MR) is 93.5 cm³/mol. The lowest BCUT2D eigenvalue weighted by Gasteiger charge is -2.11. The lowest BCUT2D eigenvalue weighted by atomic mass is 9.98. The Bertz CT molecular complexity index is 1060. The third kappa shape index (κ3) is 3.53. The molecule has 0 amide bonds. The first-order valence-corrected chi connectivity index (χ1v) is 9.46. The van der Waals surface area contributed by atoms with Crippen LogP contribution in [-0.2, 0) is 16.2 Å². The summed E-state index contributed by atoms with van der Waals surface area (Å²) < 4.78 is 64.7. The minimum atomic E-state index is -4.70. The molecule has 10 heteroatoms. The third-order valence-corrected chi connectivity index (χ3v) is 5.13. The van der Waals surface area contributed by atoms with Crippen LogP contribution in [0, 0.1) is 0 Å². The van der Waals surface area contributed by atoms with Crippen molar-refractivity contribution in [2.45, 2.75) is 11.1 Å². The molecule has 0 aliphatic carbocycles. The highest BCUT2D eigenvalue weighted by atomic mass is 79.9. The largest absolute Gasteiger partial charge is 0.433 e. The Morgan fingerprint density at radius 1 is 1.04 bits per heavy atom.